The van der Waals surface area contributed by atoms with Gasteiger partial charge in [-0.2, -0.15) is 0 Å². The number of hydrogen-bond acceptors (Lipinski definition) is 3. The monoisotopic (exact) mass is 432 g/mol. The molecule has 4 nitrogen and oxygen atoms in total. The molecule has 1 saturated heterocycles. The molecule has 0 spiro atoms. The Morgan fingerprint density at radius 2 is 1.41 bits per heavy atom. The molecule has 0 radical (unpaired) electrons. The molecule has 1 aliphatic heterocycles. The van der Waals surface area contributed by atoms with Crippen LogP contribution < -0.4 is 5.32 Å². The molecule has 4 rings (SSSR count). The third-order valence-electron chi connectivity index (χ3n) is 6.03. The van der Waals surface area contributed by atoms with E-state index in [-0.39, 0.29) is 23.7 Å². The topological polar surface area (TPSA) is 41.6 Å². The number of halogens is 1. The van der Waals surface area contributed by atoms with E-state index in [1.54, 1.807) is 12.1 Å². The molecule has 0 bridgehead atoms. The van der Waals surface area contributed by atoms with E-state index in [9.17, 15) is 9.18 Å². The van der Waals surface area contributed by atoms with Gasteiger partial charge in [-0.1, -0.05) is 72.8 Å². The van der Waals surface area contributed by atoms with Gasteiger partial charge in [-0.25, -0.2) is 4.39 Å². The molecule has 3 aromatic rings. The quantitative estimate of drug-likeness (QED) is 0.568. The van der Waals surface area contributed by atoms with Crippen LogP contribution >= 0.6 is 0 Å². The molecule has 0 saturated carbocycles. The van der Waals surface area contributed by atoms with Crippen molar-refractivity contribution in [3.05, 3.63) is 107 Å². The van der Waals surface area contributed by atoms with Crippen molar-refractivity contribution in [2.45, 2.75) is 18.4 Å². The molecular formula is C27H29FN2O2. The number of benzene rings is 3. The maximum atomic E-state index is 13.5. The minimum absolute atomic E-state index is 0.00285. The van der Waals surface area contributed by atoms with E-state index in [0.717, 1.165) is 29.8 Å². The lowest BCUT2D eigenvalue weighted by atomic mass is 9.88. The van der Waals surface area contributed by atoms with Gasteiger partial charge in [-0.15, -0.1) is 0 Å². The highest BCUT2D eigenvalue weighted by atomic mass is 19.1. The molecule has 3 aromatic carbocycles. The zero-order chi connectivity index (χ0) is 22.2. The van der Waals surface area contributed by atoms with Gasteiger partial charge in [-0.05, 0) is 28.8 Å². The molecule has 5 heteroatoms. The number of nitrogens with one attached hydrogen (secondary N) is 1. The van der Waals surface area contributed by atoms with Gasteiger partial charge in [0.2, 0.25) is 5.91 Å². The Kier molecular flexibility index (Phi) is 7.64. The van der Waals surface area contributed by atoms with Crippen LogP contribution in [0.2, 0.25) is 0 Å². The molecule has 1 N–H and O–H groups in total. The van der Waals surface area contributed by atoms with Crippen LogP contribution in [-0.2, 0) is 9.53 Å². The maximum Gasteiger partial charge on any atom is 0.221 e. The summed E-state index contributed by atoms with van der Waals surface area (Å²) in [7, 11) is 0. The van der Waals surface area contributed by atoms with Gasteiger partial charge < -0.3 is 10.1 Å². The van der Waals surface area contributed by atoms with Gasteiger partial charge in [0.25, 0.3) is 0 Å². The fraction of sp³-hybridized carbons (Fsp3) is 0.296. The number of nitrogens with zero attached hydrogens (tertiary/aromatic N) is 1. The van der Waals surface area contributed by atoms with Crippen LogP contribution in [0.3, 0.4) is 0 Å². The second-order valence-electron chi connectivity index (χ2n) is 8.10. The number of carbonyl (C=O) groups is 1. The van der Waals surface area contributed by atoms with Crippen LogP contribution in [0.5, 0.6) is 0 Å². The fourth-order valence-corrected chi connectivity index (χ4v) is 4.30. The van der Waals surface area contributed by atoms with Crippen molar-refractivity contribution >= 4 is 5.91 Å². The lowest BCUT2D eigenvalue weighted by molar-refractivity contribution is -0.121. The molecule has 32 heavy (non-hydrogen) atoms. The summed E-state index contributed by atoms with van der Waals surface area (Å²) in [6.07, 6.45) is 0.368. The van der Waals surface area contributed by atoms with Crippen molar-refractivity contribution in [1.82, 2.24) is 10.2 Å². The van der Waals surface area contributed by atoms with E-state index in [4.69, 9.17) is 4.74 Å². The van der Waals surface area contributed by atoms with Crippen molar-refractivity contribution < 1.29 is 13.9 Å². The van der Waals surface area contributed by atoms with E-state index >= 15 is 0 Å². The van der Waals surface area contributed by atoms with Crippen molar-refractivity contribution in [3.63, 3.8) is 0 Å². The SMILES string of the molecule is O=C(CC(c1ccccc1)c1ccccc1)NCC(c1ccc(F)cc1)N1CCOCC1. The summed E-state index contributed by atoms with van der Waals surface area (Å²) in [6, 6.07) is 26.8. The van der Waals surface area contributed by atoms with Gasteiger partial charge in [0.15, 0.2) is 0 Å². The largest absolute Gasteiger partial charge is 0.379 e. The summed E-state index contributed by atoms with van der Waals surface area (Å²) in [4.78, 5) is 15.4. The molecule has 0 aliphatic carbocycles. The van der Waals surface area contributed by atoms with Gasteiger partial charge in [-0.3, -0.25) is 9.69 Å². The summed E-state index contributed by atoms with van der Waals surface area (Å²) < 4.78 is 19.0. The second-order valence-corrected chi connectivity index (χ2v) is 8.10. The predicted octanol–water partition coefficient (Wildman–Crippen LogP) is 4.54. The van der Waals surface area contributed by atoms with Crippen molar-refractivity contribution in [2.24, 2.45) is 0 Å². The Balaban J connectivity index is 1.47. The first-order chi connectivity index (χ1) is 15.7. The van der Waals surface area contributed by atoms with E-state index in [1.165, 1.54) is 12.1 Å². The predicted molar refractivity (Wildman–Crippen MR) is 124 cm³/mol. The Hall–Kier alpha value is -3.02. The highest BCUT2D eigenvalue weighted by Gasteiger charge is 2.24. The van der Waals surface area contributed by atoms with Crippen molar-refractivity contribution in [3.8, 4) is 0 Å². The average Bonchev–Trinajstić information content (AvgIpc) is 2.85. The average molecular weight is 433 g/mol. The zero-order valence-corrected chi connectivity index (χ0v) is 18.1. The minimum Gasteiger partial charge on any atom is -0.379 e. The zero-order valence-electron chi connectivity index (χ0n) is 18.1. The molecule has 1 amide bonds. The molecule has 1 fully saturated rings. The number of carbonyl (C=O) groups excluding carboxylic acids is 1. The molecule has 1 unspecified atom stereocenters. The standard InChI is InChI=1S/C27H29FN2O2/c28-24-13-11-23(12-14-24)26(30-15-17-32-18-16-30)20-29-27(31)19-25(21-7-3-1-4-8-21)22-9-5-2-6-10-22/h1-14,25-26H,15-20H2,(H,29,31). The van der Waals surface area contributed by atoms with Crippen LogP contribution in [0.15, 0.2) is 84.9 Å². The Morgan fingerprint density at radius 1 is 0.844 bits per heavy atom. The normalized spacial score (nSPS) is 15.4. The number of rotatable bonds is 8. The summed E-state index contributed by atoms with van der Waals surface area (Å²) >= 11 is 0. The third kappa shape index (κ3) is 5.81. The van der Waals surface area contributed by atoms with E-state index in [0.29, 0.717) is 26.2 Å². The summed E-state index contributed by atoms with van der Waals surface area (Å²) in [5.41, 5.74) is 3.24. The lowest BCUT2D eigenvalue weighted by Gasteiger charge is -2.35. The molecule has 0 aromatic heterocycles. The molecule has 1 atom stereocenters. The van der Waals surface area contributed by atoms with Crippen LogP contribution in [0, 0.1) is 5.82 Å². The molecule has 1 heterocycles. The Bertz CT molecular complexity index is 934. The van der Waals surface area contributed by atoms with Gasteiger partial charge in [0.05, 0.1) is 19.3 Å². The maximum absolute atomic E-state index is 13.5. The van der Waals surface area contributed by atoms with Crippen molar-refractivity contribution in [2.75, 3.05) is 32.8 Å². The first kappa shape index (κ1) is 22.2. The molecule has 1 aliphatic rings. The molecule has 166 valence electrons. The number of amides is 1. The van der Waals surface area contributed by atoms with Gasteiger partial charge >= 0.3 is 0 Å². The van der Waals surface area contributed by atoms with Crippen LogP contribution in [-0.4, -0.2) is 43.7 Å². The smallest absolute Gasteiger partial charge is 0.221 e. The fourth-order valence-electron chi connectivity index (χ4n) is 4.30. The van der Waals surface area contributed by atoms with E-state index in [2.05, 4.69) is 34.5 Å². The van der Waals surface area contributed by atoms with E-state index < -0.39 is 0 Å². The lowest BCUT2D eigenvalue weighted by Crippen LogP contribution is -2.44. The minimum atomic E-state index is -0.257. The van der Waals surface area contributed by atoms with Crippen LogP contribution in [0.25, 0.3) is 0 Å². The molecular weight excluding hydrogens is 403 g/mol. The van der Waals surface area contributed by atoms with Gasteiger partial charge in [0, 0.05) is 32.0 Å². The Morgan fingerprint density at radius 3 is 1.97 bits per heavy atom. The van der Waals surface area contributed by atoms with Crippen LogP contribution in [0.1, 0.15) is 35.1 Å². The van der Waals surface area contributed by atoms with Gasteiger partial charge in [0.1, 0.15) is 5.82 Å². The highest BCUT2D eigenvalue weighted by Crippen LogP contribution is 2.28. The van der Waals surface area contributed by atoms with E-state index in [1.807, 2.05) is 36.4 Å². The number of morpholine rings is 1. The summed E-state index contributed by atoms with van der Waals surface area (Å²) in [5.74, 6) is -0.264. The first-order valence-electron chi connectivity index (χ1n) is 11.1. The number of hydrogen-bond donors (Lipinski definition) is 1. The highest BCUT2D eigenvalue weighted by molar-refractivity contribution is 5.77. The van der Waals surface area contributed by atoms with Crippen LogP contribution in [0.4, 0.5) is 4.39 Å². The summed E-state index contributed by atoms with van der Waals surface area (Å²) in [6.45, 7) is 3.37. The second kappa shape index (κ2) is 11.0. The van der Waals surface area contributed by atoms with Crippen molar-refractivity contribution in [1.29, 1.82) is 0 Å². The third-order valence-corrected chi connectivity index (χ3v) is 6.03. The Labute approximate surface area is 189 Å². The first-order valence-corrected chi connectivity index (χ1v) is 11.1. The number of ether oxygens (including phenoxy) is 1. The summed E-state index contributed by atoms with van der Waals surface area (Å²) in [5, 5.41) is 3.15.